The molecular formula is C26H31N5OS. The molecule has 0 aliphatic heterocycles. The van der Waals surface area contributed by atoms with Crippen LogP contribution in [-0.4, -0.2) is 10.8 Å². The Morgan fingerprint density at radius 1 is 1.18 bits per heavy atom. The normalized spacial score (nSPS) is 15.9. The number of thiophene rings is 1. The highest BCUT2D eigenvalue weighted by atomic mass is 32.1. The average molecular weight is 462 g/mol. The number of allylic oxidation sites excluding steroid dienone is 2. The Balaban J connectivity index is 1.75. The van der Waals surface area contributed by atoms with Crippen LogP contribution in [0.15, 0.2) is 58.4 Å². The Hall–Kier alpha value is -3.16. The van der Waals surface area contributed by atoms with E-state index in [1.165, 1.54) is 22.4 Å². The van der Waals surface area contributed by atoms with Gasteiger partial charge in [-0.1, -0.05) is 51.1 Å². The summed E-state index contributed by atoms with van der Waals surface area (Å²) in [5.74, 6) is 5.36. The van der Waals surface area contributed by atoms with E-state index in [1.807, 2.05) is 12.1 Å². The first-order valence-corrected chi connectivity index (χ1v) is 12.1. The average Bonchev–Trinajstić information content (AvgIpc) is 3.28. The minimum Gasteiger partial charge on any atom is -0.382 e. The molecule has 1 aromatic carbocycles. The van der Waals surface area contributed by atoms with Crippen LogP contribution in [-0.2, 0) is 6.42 Å². The van der Waals surface area contributed by atoms with Gasteiger partial charge < -0.3 is 10.7 Å². The Bertz CT molecular complexity index is 1260. The van der Waals surface area contributed by atoms with E-state index in [1.54, 1.807) is 11.3 Å². The fourth-order valence-electron chi connectivity index (χ4n) is 4.20. The van der Waals surface area contributed by atoms with Crippen LogP contribution in [0, 0.1) is 5.41 Å². The molecule has 0 radical (unpaired) electrons. The van der Waals surface area contributed by atoms with E-state index < -0.39 is 0 Å². The molecule has 6 N–H and O–H groups in total. The van der Waals surface area contributed by atoms with Gasteiger partial charge in [0, 0.05) is 21.0 Å². The Morgan fingerprint density at radius 2 is 1.91 bits per heavy atom. The number of nitrogens with one attached hydrogen (secondary N) is 2. The lowest BCUT2D eigenvalue weighted by molar-refractivity contribution is 0.335. The van der Waals surface area contributed by atoms with Crippen molar-refractivity contribution in [2.45, 2.75) is 46.5 Å². The van der Waals surface area contributed by atoms with Crippen LogP contribution in [0.1, 0.15) is 56.0 Å². The van der Waals surface area contributed by atoms with E-state index in [0.29, 0.717) is 11.0 Å². The van der Waals surface area contributed by atoms with E-state index in [0.717, 1.165) is 41.0 Å². The molecule has 0 fully saturated rings. The summed E-state index contributed by atoms with van der Waals surface area (Å²) >= 11 is 1.65. The molecular weight excluding hydrogens is 430 g/mol. The van der Waals surface area contributed by atoms with Gasteiger partial charge in [0.15, 0.2) is 5.84 Å². The summed E-state index contributed by atoms with van der Waals surface area (Å²) in [6, 6.07) is 14.5. The van der Waals surface area contributed by atoms with Crippen molar-refractivity contribution in [2.75, 3.05) is 0 Å². The molecule has 2 aromatic heterocycles. The van der Waals surface area contributed by atoms with Crippen molar-refractivity contribution in [3.05, 3.63) is 74.9 Å². The van der Waals surface area contributed by atoms with Crippen molar-refractivity contribution < 1.29 is 0 Å². The second kappa shape index (κ2) is 9.37. The van der Waals surface area contributed by atoms with Gasteiger partial charge in [0.05, 0.1) is 5.56 Å². The van der Waals surface area contributed by atoms with Crippen molar-refractivity contribution in [3.63, 3.8) is 0 Å². The molecule has 2 heterocycles. The fraction of sp³-hybridized carbons (Fsp3) is 0.308. The molecule has 6 nitrogen and oxygen atoms in total. The van der Waals surface area contributed by atoms with Crippen molar-refractivity contribution in [1.29, 1.82) is 0 Å². The molecule has 33 heavy (non-hydrogen) atoms. The third-order valence-electron chi connectivity index (χ3n) is 6.29. The molecule has 0 saturated heterocycles. The lowest BCUT2D eigenvalue weighted by Crippen LogP contribution is -2.29. The van der Waals surface area contributed by atoms with Gasteiger partial charge in [-0.3, -0.25) is 4.79 Å². The molecule has 172 valence electrons. The zero-order valence-corrected chi connectivity index (χ0v) is 20.2. The van der Waals surface area contributed by atoms with E-state index >= 15 is 0 Å². The van der Waals surface area contributed by atoms with E-state index in [-0.39, 0.29) is 11.4 Å². The number of pyridine rings is 1. The Labute approximate surface area is 198 Å². The fourth-order valence-corrected chi connectivity index (χ4v) is 5.17. The summed E-state index contributed by atoms with van der Waals surface area (Å²) < 4.78 is 0. The van der Waals surface area contributed by atoms with Gasteiger partial charge in [0.25, 0.3) is 5.56 Å². The predicted molar refractivity (Wildman–Crippen MR) is 139 cm³/mol. The Morgan fingerprint density at radius 3 is 2.52 bits per heavy atom. The van der Waals surface area contributed by atoms with Gasteiger partial charge in [-0.05, 0) is 66.0 Å². The number of benzene rings is 1. The van der Waals surface area contributed by atoms with Gasteiger partial charge >= 0.3 is 0 Å². The number of hydrazone groups is 1. The third kappa shape index (κ3) is 4.94. The van der Waals surface area contributed by atoms with Crippen LogP contribution in [0.3, 0.4) is 0 Å². The number of aromatic nitrogens is 1. The highest BCUT2D eigenvalue weighted by Gasteiger charge is 2.22. The first-order valence-electron chi connectivity index (χ1n) is 11.3. The zero-order chi connectivity index (χ0) is 23.6. The van der Waals surface area contributed by atoms with Crippen molar-refractivity contribution in [1.82, 2.24) is 10.5 Å². The molecule has 0 saturated carbocycles. The monoisotopic (exact) mass is 461 g/mol. The molecule has 0 amide bonds. The number of amidine groups is 1. The number of nitrogens with two attached hydrogens (primary N) is 2. The lowest BCUT2D eigenvalue weighted by atomic mass is 9.77. The van der Waals surface area contributed by atoms with Gasteiger partial charge in [-0.15, -0.1) is 16.4 Å². The van der Waals surface area contributed by atoms with E-state index in [2.05, 4.69) is 72.8 Å². The smallest absolute Gasteiger partial charge is 0.260 e. The summed E-state index contributed by atoms with van der Waals surface area (Å²) in [5.41, 5.74) is 13.7. The summed E-state index contributed by atoms with van der Waals surface area (Å²) in [6.07, 6.45) is 6.68. The predicted octanol–water partition coefficient (Wildman–Crippen LogP) is 5.01. The van der Waals surface area contributed by atoms with E-state index in [9.17, 15) is 4.79 Å². The minimum atomic E-state index is -0.299. The topological polar surface area (TPSA) is 109 Å². The molecule has 0 atom stereocenters. The van der Waals surface area contributed by atoms with Crippen LogP contribution in [0.4, 0.5) is 0 Å². The van der Waals surface area contributed by atoms with Gasteiger partial charge in [0.1, 0.15) is 0 Å². The maximum absolute atomic E-state index is 13.1. The lowest BCUT2D eigenvalue weighted by Gasteiger charge is -2.28. The third-order valence-corrected chi connectivity index (χ3v) is 7.55. The number of nitrogens with zero attached hydrogens (tertiary/aromatic N) is 1. The standard InChI is InChI=1S/C26H31N5OS/c1-4-19-9-10-22(33-19)20-15-21(29-25(32)23(20)24(27)30-31-28)18-7-5-16(6-8-18)17-11-13-26(2,3)14-12-17/h5-11,15,31H,4,12-14,28H2,1-3H3,(H2,27,30)(H,29,32). The first kappa shape index (κ1) is 23.0. The van der Waals surface area contributed by atoms with Crippen molar-refractivity contribution >= 4 is 22.7 Å². The number of hydrogen-bond acceptors (Lipinski definition) is 5. The number of H-pyrrole nitrogens is 1. The summed E-state index contributed by atoms with van der Waals surface area (Å²) in [5, 5.41) is 3.85. The molecule has 0 spiro atoms. The second-order valence-corrected chi connectivity index (χ2v) is 10.4. The number of hydrazine groups is 1. The van der Waals surface area contributed by atoms with Crippen molar-refractivity contribution in [3.8, 4) is 21.7 Å². The number of aromatic amines is 1. The van der Waals surface area contributed by atoms with Gasteiger partial charge in [-0.2, -0.15) is 0 Å². The van der Waals surface area contributed by atoms with Crippen LogP contribution in [0.5, 0.6) is 0 Å². The second-order valence-electron chi connectivity index (χ2n) is 9.22. The molecule has 1 aliphatic rings. The van der Waals surface area contributed by atoms with Crippen LogP contribution >= 0.6 is 11.3 Å². The van der Waals surface area contributed by atoms with Crippen LogP contribution in [0.2, 0.25) is 0 Å². The molecule has 7 heteroatoms. The summed E-state index contributed by atoms with van der Waals surface area (Å²) in [7, 11) is 0. The molecule has 3 aromatic rings. The maximum atomic E-state index is 13.1. The molecule has 0 bridgehead atoms. The van der Waals surface area contributed by atoms with Crippen molar-refractivity contribution in [2.24, 2.45) is 22.1 Å². The molecule has 4 rings (SSSR count). The van der Waals surface area contributed by atoms with Crippen LogP contribution in [0.25, 0.3) is 27.3 Å². The quantitative estimate of drug-likeness (QED) is 0.179. The largest absolute Gasteiger partial charge is 0.382 e. The zero-order valence-electron chi connectivity index (χ0n) is 19.4. The van der Waals surface area contributed by atoms with Crippen LogP contribution < -0.4 is 22.7 Å². The minimum absolute atomic E-state index is 0.0502. The molecule has 0 unspecified atom stereocenters. The first-order chi connectivity index (χ1) is 15.8. The highest BCUT2D eigenvalue weighted by molar-refractivity contribution is 7.15. The highest BCUT2D eigenvalue weighted by Crippen LogP contribution is 2.38. The number of hydrogen-bond donors (Lipinski definition) is 4. The Kier molecular flexibility index (Phi) is 6.54. The van der Waals surface area contributed by atoms with Gasteiger partial charge in [0.2, 0.25) is 0 Å². The summed E-state index contributed by atoms with van der Waals surface area (Å²) in [6.45, 7) is 6.75. The maximum Gasteiger partial charge on any atom is 0.260 e. The number of rotatable bonds is 6. The molecule has 1 aliphatic carbocycles. The number of aryl methyl sites for hydroxylation is 1. The SMILES string of the molecule is CCc1ccc(-c2cc(-c3ccc(C4=CCC(C)(C)CC4)cc3)[nH]c(=O)c2/C(N)=N/NN)s1. The van der Waals surface area contributed by atoms with E-state index in [4.69, 9.17) is 11.6 Å². The summed E-state index contributed by atoms with van der Waals surface area (Å²) in [4.78, 5) is 18.3. The van der Waals surface area contributed by atoms with Gasteiger partial charge in [-0.25, -0.2) is 11.4 Å².